The number of carbonyl (C=O) groups is 2. The molecule has 2 aromatic rings. The molecule has 0 radical (unpaired) electrons. The first-order chi connectivity index (χ1) is 21.0. The summed E-state index contributed by atoms with van der Waals surface area (Å²) in [6, 6.07) is 7.38. The Hall–Kier alpha value is -3.46. The van der Waals surface area contributed by atoms with Crippen LogP contribution in [0, 0.1) is 0 Å². The van der Waals surface area contributed by atoms with Gasteiger partial charge in [-0.25, -0.2) is 0 Å². The standard InChI is InChI=1S/C30H42O13/c1-34-24-17-22(18-25(21-24)35-2)28(32)29(33)23-19-26(36-3)30(37-4)27(20-23)43-16-15-42-14-13-41-12-11-40-10-9-39-8-7-38-6-5-31/h17-21,31H,5-16H2,1-4H3. The molecule has 0 fully saturated rings. The fourth-order valence-electron chi connectivity index (χ4n) is 3.63. The molecule has 0 atom stereocenters. The molecule has 0 aromatic heterocycles. The van der Waals surface area contributed by atoms with Crippen molar-refractivity contribution in [2.45, 2.75) is 0 Å². The smallest absolute Gasteiger partial charge is 0.233 e. The SMILES string of the molecule is COc1cc(OC)cc(C(=O)C(=O)c2cc(OC)c(OC)c(OCCOCCOCCOCCOCCOCCO)c2)c1. The van der Waals surface area contributed by atoms with Gasteiger partial charge in [0, 0.05) is 17.2 Å². The molecule has 13 heteroatoms. The molecule has 43 heavy (non-hydrogen) atoms. The van der Waals surface area contributed by atoms with E-state index in [4.69, 9.17) is 52.5 Å². The van der Waals surface area contributed by atoms with Crippen LogP contribution in [0.5, 0.6) is 28.7 Å². The Morgan fingerprint density at radius 2 is 0.930 bits per heavy atom. The second kappa shape index (κ2) is 21.3. The average Bonchev–Trinajstić information content (AvgIpc) is 3.04. The van der Waals surface area contributed by atoms with Crippen molar-refractivity contribution < 1.29 is 62.1 Å². The van der Waals surface area contributed by atoms with Crippen molar-refractivity contribution in [2.24, 2.45) is 0 Å². The number of aliphatic hydroxyl groups excluding tert-OH is 1. The molecule has 0 spiro atoms. The van der Waals surface area contributed by atoms with Crippen LogP contribution in [0.3, 0.4) is 0 Å². The lowest BCUT2D eigenvalue weighted by atomic mass is 10.00. The van der Waals surface area contributed by atoms with Gasteiger partial charge in [-0.3, -0.25) is 9.59 Å². The molecule has 2 aromatic carbocycles. The predicted molar refractivity (Wildman–Crippen MR) is 154 cm³/mol. The van der Waals surface area contributed by atoms with E-state index in [0.717, 1.165) is 0 Å². The number of carbonyl (C=O) groups excluding carboxylic acids is 2. The molecular weight excluding hydrogens is 568 g/mol. The predicted octanol–water partition coefficient (Wildman–Crippen LogP) is 2.24. The number of hydrogen-bond acceptors (Lipinski definition) is 13. The number of hydrogen-bond donors (Lipinski definition) is 1. The van der Waals surface area contributed by atoms with Crippen molar-refractivity contribution in [3.8, 4) is 28.7 Å². The van der Waals surface area contributed by atoms with Gasteiger partial charge < -0.3 is 52.5 Å². The van der Waals surface area contributed by atoms with Crippen LogP contribution in [0.25, 0.3) is 0 Å². The molecule has 0 aliphatic heterocycles. The van der Waals surface area contributed by atoms with E-state index in [2.05, 4.69) is 0 Å². The van der Waals surface area contributed by atoms with Crippen LogP contribution < -0.4 is 23.7 Å². The van der Waals surface area contributed by atoms with E-state index in [1.165, 1.54) is 52.7 Å². The molecule has 0 unspecified atom stereocenters. The van der Waals surface area contributed by atoms with Gasteiger partial charge in [0.2, 0.25) is 17.3 Å². The summed E-state index contributed by atoms with van der Waals surface area (Å²) >= 11 is 0. The largest absolute Gasteiger partial charge is 0.497 e. The first-order valence-corrected chi connectivity index (χ1v) is 13.7. The first kappa shape index (κ1) is 35.7. The molecule has 0 aliphatic carbocycles. The number of ketones is 2. The maximum atomic E-state index is 13.1. The van der Waals surface area contributed by atoms with Crippen LogP contribution in [-0.4, -0.2) is 124 Å². The topological polar surface area (TPSA) is 147 Å². The van der Waals surface area contributed by atoms with E-state index in [-0.39, 0.29) is 48.2 Å². The van der Waals surface area contributed by atoms with Gasteiger partial charge in [-0.15, -0.1) is 0 Å². The van der Waals surface area contributed by atoms with Crippen LogP contribution in [0.4, 0.5) is 0 Å². The lowest BCUT2D eigenvalue weighted by Gasteiger charge is -2.15. The number of methoxy groups -OCH3 is 4. The molecule has 0 aliphatic rings. The Balaban J connectivity index is 1.77. The minimum absolute atomic E-state index is 0.00142. The number of benzene rings is 2. The Morgan fingerprint density at radius 3 is 1.35 bits per heavy atom. The Bertz CT molecular complexity index is 1080. The molecular formula is C30H42O13. The zero-order chi connectivity index (χ0) is 31.3. The van der Waals surface area contributed by atoms with E-state index >= 15 is 0 Å². The fraction of sp³-hybridized carbons (Fsp3) is 0.533. The minimum atomic E-state index is -0.769. The monoisotopic (exact) mass is 610 g/mol. The lowest BCUT2D eigenvalue weighted by molar-refractivity contribution is -0.0147. The Morgan fingerprint density at radius 1 is 0.512 bits per heavy atom. The third-order valence-electron chi connectivity index (χ3n) is 5.74. The van der Waals surface area contributed by atoms with E-state index in [1.807, 2.05) is 0 Å². The summed E-state index contributed by atoms with van der Waals surface area (Å²) in [7, 11) is 5.78. The molecule has 0 saturated heterocycles. The summed E-state index contributed by atoms with van der Waals surface area (Å²) in [6.07, 6.45) is 0. The van der Waals surface area contributed by atoms with E-state index in [0.29, 0.717) is 71.0 Å². The van der Waals surface area contributed by atoms with Crippen LogP contribution >= 0.6 is 0 Å². The molecule has 1 N–H and O–H groups in total. The van der Waals surface area contributed by atoms with E-state index in [1.54, 1.807) is 6.07 Å². The zero-order valence-electron chi connectivity index (χ0n) is 25.2. The number of ether oxygens (including phenoxy) is 10. The molecule has 0 bridgehead atoms. The van der Waals surface area contributed by atoms with Gasteiger partial charge in [0.15, 0.2) is 11.5 Å². The summed E-state index contributed by atoms with van der Waals surface area (Å²) in [6.45, 7) is 4.04. The van der Waals surface area contributed by atoms with Crippen molar-refractivity contribution >= 4 is 11.6 Å². The van der Waals surface area contributed by atoms with Crippen molar-refractivity contribution in [1.29, 1.82) is 0 Å². The Labute approximate surface area is 251 Å². The first-order valence-electron chi connectivity index (χ1n) is 13.7. The van der Waals surface area contributed by atoms with E-state index in [9.17, 15) is 9.59 Å². The summed E-state index contributed by atoms with van der Waals surface area (Å²) in [5.74, 6) is -0.0324. The highest BCUT2D eigenvalue weighted by Crippen LogP contribution is 2.39. The van der Waals surface area contributed by atoms with Crippen molar-refractivity contribution in [1.82, 2.24) is 0 Å². The van der Waals surface area contributed by atoms with Gasteiger partial charge in [0.25, 0.3) is 0 Å². The third kappa shape index (κ3) is 12.7. The number of Topliss-reactive ketones (excluding diaryl/α,β-unsaturated/α-hetero) is 2. The summed E-state index contributed by atoms with van der Waals surface area (Å²) in [5.41, 5.74) is 0.182. The van der Waals surface area contributed by atoms with Crippen molar-refractivity contribution in [2.75, 3.05) is 108 Å². The van der Waals surface area contributed by atoms with Crippen LogP contribution in [0.1, 0.15) is 20.7 Å². The number of aliphatic hydroxyl groups is 1. The van der Waals surface area contributed by atoms with Crippen LogP contribution in [0.15, 0.2) is 30.3 Å². The second-order valence-electron chi connectivity index (χ2n) is 8.60. The maximum Gasteiger partial charge on any atom is 0.233 e. The van der Waals surface area contributed by atoms with E-state index < -0.39 is 11.6 Å². The minimum Gasteiger partial charge on any atom is -0.497 e. The number of rotatable bonds is 25. The molecule has 240 valence electrons. The quantitative estimate of drug-likeness (QED) is 0.0997. The molecule has 2 rings (SSSR count). The van der Waals surface area contributed by atoms with Crippen LogP contribution in [0.2, 0.25) is 0 Å². The average molecular weight is 611 g/mol. The van der Waals surface area contributed by atoms with Gasteiger partial charge in [-0.1, -0.05) is 0 Å². The molecule has 13 nitrogen and oxygen atoms in total. The fourth-order valence-corrected chi connectivity index (χ4v) is 3.63. The normalized spacial score (nSPS) is 10.8. The summed E-state index contributed by atoms with van der Waals surface area (Å²) in [4.78, 5) is 26.2. The van der Waals surface area contributed by atoms with Gasteiger partial charge in [0.05, 0.1) is 101 Å². The maximum absolute atomic E-state index is 13.1. The molecule has 0 amide bonds. The van der Waals surface area contributed by atoms with Crippen molar-refractivity contribution in [3.05, 3.63) is 41.5 Å². The zero-order valence-corrected chi connectivity index (χ0v) is 25.2. The summed E-state index contributed by atoms with van der Waals surface area (Å²) < 4.78 is 53.9. The highest BCUT2D eigenvalue weighted by atomic mass is 16.6. The molecule has 0 saturated carbocycles. The highest BCUT2D eigenvalue weighted by molar-refractivity contribution is 6.49. The van der Waals surface area contributed by atoms with Gasteiger partial charge in [-0.05, 0) is 24.3 Å². The second-order valence-corrected chi connectivity index (χ2v) is 8.60. The lowest BCUT2D eigenvalue weighted by Crippen LogP contribution is -2.16. The van der Waals surface area contributed by atoms with Crippen LogP contribution in [-0.2, 0) is 23.7 Å². The van der Waals surface area contributed by atoms with Gasteiger partial charge in [-0.2, -0.15) is 0 Å². The summed E-state index contributed by atoms with van der Waals surface area (Å²) in [5, 5.41) is 8.60. The third-order valence-corrected chi connectivity index (χ3v) is 5.74. The van der Waals surface area contributed by atoms with Gasteiger partial charge in [0.1, 0.15) is 18.1 Å². The van der Waals surface area contributed by atoms with Crippen molar-refractivity contribution in [3.63, 3.8) is 0 Å². The molecule has 0 heterocycles. The highest BCUT2D eigenvalue weighted by Gasteiger charge is 2.24. The van der Waals surface area contributed by atoms with Gasteiger partial charge >= 0.3 is 0 Å². The Kier molecular flexibility index (Phi) is 17.7.